The van der Waals surface area contributed by atoms with Crippen molar-refractivity contribution in [3.8, 4) is 0 Å². The number of hydrogen-bond donors (Lipinski definition) is 1. The summed E-state index contributed by atoms with van der Waals surface area (Å²) in [4.78, 5) is 5.75. The summed E-state index contributed by atoms with van der Waals surface area (Å²) in [5.74, 6) is 0.778. The minimum atomic E-state index is 0.275. The molecule has 1 aliphatic rings. The molecular weight excluding hydrogens is 158 g/mol. The molecule has 2 heterocycles. The quantitative estimate of drug-likeness (QED) is 0.634. The highest BCUT2D eigenvalue weighted by atomic mass is 16.6. The van der Waals surface area contributed by atoms with E-state index in [0.717, 1.165) is 0 Å². The summed E-state index contributed by atoms with van der Waals surface area (Å²) in [5, 5.41) is 7.09. The molecule has 62 valence electrons. The molecule has 1 aliphatic heterocycles. The molecule has 1 aromatic heterocycles. The third-order valence-corrected chi connectivity index (χ3v) is 1.46. The average Bonchev–Trinajstić information content (AvgIpc) is 2.53. The first kappa shape index (κ1) is 6.84. The Labute approximate surface area is 68.3 Å². The van der Waals surface area contributed by atoms with E-state index < -0.39 is 0 Å². The molecule has 0 spiro atoms. The lowest BCUT2D eigenvalue weighted by Crippen LogP contribution is -2.19. The van der Waals surface area contributed by atoms with Gasteiger partial charge in [-0.15, -0.1) is 0 Å². The van der Waals surface area contributed by atoms with Crippen molar-refractivity contribution >= 4 is 17.9 Å². The van der Waals surface area contributed by atoms with Crippen LogP contribution >= 0.6 is 0 Å². The van der Waals surface area contributed by atoms with Crippen LogP contribution in [0.5, 0.6) is 0 Å². The van der Waals surface area contributed by atoms with Gasteiger partial charge in [-0.25, -0.2) is 4.63 Å². The van der Waals surface area contributed by atoms with Crippen LogP contribution in [0.2, 0.25) is 0 Å². The van der Waals surface area contributed by atoms with Crippen molar-refractivity contribution in [2.45, 2.75) is 0 Å². The molecular formula is C6H7N5O. The Bertz CT molecular complexity index is 328. The van der Waals surface area contributed by atoms with Gasteiger partial charge in [0, 0.05) is 12.4 Å². The lowest BCUT2D eigenvalue weighted by Gasteiger charge is -2.15. The van der Waals surface area contributed by atoms with Gasteiger partial charge in [0.15, 0.2) is 0 Å². The van der Waals surface area contributed by atoms with Gasteiger partial charge in [0.1, 0.15) is 6.67 Å². The number of aromatic nitrogens is 2. The number of anilines is 2. The normalized spacial score (nSPS) is 15.5. The fraction of sp³-hybridized carbons (Fsp3) is 0.167. The smallest absolute Gasteiger partial charge is 0.223 e. The third-order valence-electron chi connectivity index (χ3n) is 1.46. The van der Waals surface area contributed by atoms with E-state index in [-0.39, 0.29) is 5.82 Å². The zero-order valence-corrected chi connectivity index (χ0v) is 6.21. The fourth-order valence-corrected chi connectivity index (χ4v) is 0.913. The SMILES string of the molecule is Nc1nonc1N1C=CC=NC1. The summed E-state index contributed by atoms with van der Waals surface area (Å²) >= 11 is 0. The van der Waals surface area contributed by atoms with E-state index >= 15 is 0 Å². The largest absolute Gasteiger partial charge is 0.378 e. The van der Waals surface area contributed by atoms with Crippen LogP contribution < -0.4 is 10.6 Å². The van der Waals surface area contributed by atoms with E-state index in [1.165, 1.54) is 0 Å². The number of nitrogen functional groups attached to an aromatic ring is 1. The Balaban J connectivity index is 2.26. The Morgan fingerprint density at radius 1 is 1.50 bits per heavy atom. The van der Waals surface area contributed by atoms with Crippen LogP contribution in [-0.2, 0) is 0 Å². The number of rotatable bonds is 1. The highest BCUT2D eigenvalue weighted by Crippen LogP contribution is 2.18. The zero-order valence-electron chi connectivity index (χ0n) is 6.21. The molecule has 0 atom stereocenters. The van der Waals surface area contributed by atoms with Crippen LogP contribution in [0.3, 0.4) is 0 Å². The van der Waals surface area contributed by atoms with Crippen LogP contribution in [0.25, 0.3) is 0 Å². The molecule has 0 unspecified atom stereocenters. The zero-order chi connectivity index (χ0) is 8.39. The number of aliphatic imine (C=N–C) groups is 1. The van der Waals surface area contributed by atoms with Crippen molar-refractivity contribution in [1.82, 2.24) is 10.3 Å². The predicted octanol–water partition coefficient (Wildman–Crippen LogP) is 0.0138. The summed E-state index contributed by atoms with van der Waals surface area (Å²) in [6.45, 7) is 0.495. The second-order valence-corrected chi connectivity index (χ2v) is 2.26. The van der Waals surface area contributed by atoms with Gasteiger partial charge in [-0.05, 0) is 16.4 Å². The molecule has 6 heteroatoms. The maximum absolute atomic E-state index is 5.48. The van der Waals surface area contributed by atoms with E-state index in [1.807, 2.05) is 6.20 Å². The number of nitrogens with zero attached hydrogens (tertiary/aromatic N) is 4. The Kier molecular flexibility index (Phi) is 1.51. The Morgan fingerprint density at radius 2 is 2.42 bits per heavy atom. The van der Waals surface area contributed by atoms with E-state index in [2.05, 4.69) is 19.9 Å². The van der Waals surface area contributed by atoms with E-state index in [9.17, 15) is 0 Å². The van der Waals surface area contributed by atoms with Gasteiger partial charge in [0.25, 0.3) is 0 Å². The Morgan fingerprint density at radius 3 is 3.00 bits per heavy atom. The lowest BCUT2D eigenvalue weighted by atomic mass is 10.5. The molecule has 0 radical (unpaired) electrons. The van der Waals surface area contributed by atoms with Crippen molar-refractivity contribution < 1.29 is 4.63 Å². The number of hydrogen-bond acceptors (Lipinski definition) is 6. The summed E-state index contributed by atoms with van der Waals surface area (Å²) in [7, 11) is 0. The molecule has 6 nitrogen and oxygen atoms in total. The second kappa shape index (κ2) is 2.65. The maximum atomic E-state index is 5.48. The van der Waals surface area contributed by atoms with Gasteiger partial charge in [-0.3, -0.25) is 4.99 Å². The standard InChI is InChI=1S/C6H7N5O/c7-5-6(10-12-9-5)11-3-1-2-8-4-11/h1-3H,4H2,(H2,7,9). The van der Waals surface area contributed by atoms with E-state index in [0.29, 0.717) is 12.5 Å². The summed E-state index contributed by atoms with van der Waals surface area (Å²) in [6.07, 6.45) is 5.31. The van der Waals surface area contributed by atoms with Gasteiger partial charge in [0.2, 0.25) is 11.6 Å². The number of nitrogens with two attached hydrogens (primary N) is 1. The van der Waals surface area contributed by atoms with Crippen molar-refractivity contribution in [3.05, 3.63) is 12.3 Å². The first-order valence-corrected chi connectivity index (χ1v) is 3.39. The average molecular weight is 165 g/mol. The second-order valence-electron chi connectivity index (χ2n) is 2.26. The van der Waals surface area contributed by atoms with Gasteiger partial charge in [0.05, 0.1) is 0 Å². The van der Waals surface area contributed by atoms with Crippen LogP contribution in [0, 0.1) is 0 Å². The first-order valence-electron chi connectivity index (χ1n) is 3.39. The molecule has 0 amide bonds. The molecule has 2 N–H and O–H groups in total. The summed E-state index contributed by atoms with van der Waals surface area (Å²) in [5.41, 5.74) is 5.48. The van der Waals surface area contributed by atoms with Crippen LogP contribution in [-0.4, -0.2) is 23.2 Å². The third kappa shape index (κ3) is 1.03. The monoisotopic (exact) mass is 165 g/mol. The van der Waals surface area contributed by atoms with Crippen molar-refractivity contribution in [2.75, 3.05) is 17.3 Å². The van der Waals surface area contributed by atoms with Crippen LogP contribution in [0.1, 0.15) is 0 Å². The predicted molar refractivity (Wildman–Crippen MR) is 43.7 cm³/mol. The van der Waals surface area contributed by atoms with Gasteiger partial charge in [-0.1, -0.05) is 0 Å². The fourth-order valence-electron chi connectivity index (χ4n) is 0.913. The molecule has 0 saturated heterocycles. The minimum Gasteiger partial charge on any atom is -0.378 e. The van der Waals surface area contributed by atoms with Gasteiger partial charge >= 0.3 is 0 Å². The van der Waals surface area contributed by atoms with Crippen LogP contribution in [0.15, 0.2) is 21.9 Å². The maximum Gasteiger partial charge on any atom is 0.223 e. The summed E-state index contributed by atoms with van der Waals surface area (Å²) < 4.78 is 4.45. The van der Waals surface area contributed by atoms with Crippen molar-refractivity contribution in [3.63, 3.8) is 0 Å². The highest BCUT2D eigenvalue weighted by Gasteiger charge is 2.12. The minimum absolute atomic E-state index is 0.275. The molecule has 12 heavy (non-hydrogen) atoms. The molecule has 0 bridgehead atoms. The van der Waals surface area contributed by atoms with E-state index in [4.69, 9.17) is 5.73 Å². The summed E-state index contributed by atoms with van der Waals surface area (Å²) in [6, 6.07) is 0. The van der Waals surface area contributed by atoms with Crippen molar-refractivity contribution in [1.29, 1.82) is 0 Å². The van der Waals surface area contributed by atoms with Crippen LogP contribution in [0.4, 0.5) is 11.6 Å². The molecule has 1 aromatic rings. The molecule has 0 aromatic carbocycles. The van der Waals surface area contributed by atoms with E-state index in [1.54, 1.807) is 17.2 Å². The molecule has 0 aliphatic carbocycles. The topological polar surface area (TPSA) is 80.5 Å². The molecule has 0 saturated carbocycles. The van der Waals surface area contributed by atoms with Crippen molar-refractivity contribution in [2.24, 2.45) is 4.99 Å². The molecule has 0 fully saturated rings. The molecule has 2 rings (SSSR count). The Hall–Kier alpha value is -1.85. The van der Waals surface area contributed by atoms with Gasteiger partial charge in [-0.2, -0.15) is 0 Å². The lowest BCUT2D eigenvalue weighted by molar-refractivity contribution is 0.309. The highest BCUT2D eigenvalue weighted by molar-refractivity contribution is 5.74. The number of allylic oxidation sites excluding steroid dienone is 1. The first-order chi connectivity index (χ1) is 5.88. The van der Waals surface area contributed by atoms with Gasteiger partial charge < -0.3 is 10.6 Å².